The molecule has 1 atom stereocenters. The monoisotopic (exact) mass is 405 g/mol. The minimum absolute atomic E-state index is 0.157. The predicted molar refractivity (Wildman–Crippen MR) is 111 cm³/mol. The first-order chi connectivity index (χ1) is 14.0. The zero-order valence-corrected chi connectivity index (χ0v) is 16.4. The van der Waals surface area contributed by atoms with Crippen molar-refractivity contribution in [1.29, 1.82) is 0 Å². The Kier molecular flexibility index (Phi) is 5.07. The van der Waals surface area contributed by atoms with Crippen molar-refractivity contribution in [2.24, 2.45) is 5.73 Å². The smallest absolute Gasteiger partial charge is 0.246 e. The average molecular weight is 406 g/mol. The highest BCUT2D eigenvalue weighted by Gasteiger charge is 2.52. The fourth-order valence-electron chi connectivity index (χ4n) is 4.14. The van der Waals surface area contributed by atoms with Gasteiger partial charge >= 0.3 is 0 Å². The van der Waals surface area contributed by atoms with E-state index in [2.05, 4.69) is 4.98 Å². The largest absolute Gasteiger partial charge is 0.368 e. The summed E-state index contributed by atoms with van der Waals surface area (Å²) in [7, 11) is 0. The Labute approximate surface area is 174 Å². The lowest BCUT2D eigenvalue weighted by Crippen LogP contribution is -2.44. The Morgan fingerprint density at radius 2 is 1.59 bits per heavy atom. The van der Waals surface area contributed by atoms with Gasteiger partial charge in [0.1, 0.15) is 5.41 Å². The number of likely N-dealkylation sites (tertiary alicyclic amines) is 1. The number of pyridine rings is 1. The first-order valence-electron chi connectivity index (χ1n) is 9.37. The first-order valence-corrected chi connectivity index (χ1v) is 9.75. The number of nitrogens with zero attached hydrogens (tertiary/aromatic N) is 2. The molecule has 0 spiro atoms. The molecule has 2 amide bonds. The quantitative estimate of drug-likeness (QED) is 0.706. The van der Waals surface area contributed by atoms with Crippen LogP contribution in [-0.2, 0) is 15.0 Å². The maximum Gasteiger partial charge on any atom is 0.246 e. The van der Waals surface area contributed by atoms with E-state index in [-0.39, 0.29) is 5.91 Å². The molecule has 5 nitrogen and oxygen atoms in total. The Morgan fingerprint density at radius 1 is 1.00 bits per heavy atom. The van der Waals surface area contributed by atoms with E-state index in [0.717, 1.165) is 11.1 Å². The molecule has 3 aromatic rings. The highest BCUT2D eigenvalue weighted by Crippen LogP contribution is 2.44. The van der Waals surface area contributed by atoms with Crippen molar-refractivity contribution in [3.05, 3.63) is 101 Å². The highest BCUT2D eigenvalue weighted by atomic mass is 35.5. The molecular weight excluding hydrogens is 386 g/mol. The number of hydrogen-bond acceptors (Lipinski definition) is 3. The van der Waals surface area contributed by atoms with Gasteiger partial charge in [-0.2, -0.15) is 0 Å². The van der Waals surface area contributed by atoms with Gasteiger partial charge in [0.2, 0.25) is 11.8 Å². The number of aromatic nitrogens is 1. The van der Waals surface area contributed by atoms with Crippen LogP contribution in [0.15, 0.2) is 79.0 Å². The number of rotatable bonds is 5. The maximum atomic E-state index is 13.9. The second kappa shape index (κ2) is 7.68. The van der Waals surface area contributed by atoms with Crippen LogP contribution in [-0.4, -0.2) is 28.2 Å². The minimum Gasteiger partial charge on any atom is -0.368 e. The van der Waals surface area contributed by atoms with Crippen molar-refractivity contribution in [2.75, 3.05) is 6.54 Å². The van der Waals surface area contributed by atoms with Crippen LogP contribution in [0.3, 0.4) is 0 Å². The molecule has 146 valence electrons. The molecule has 2 aromatic carbocycles. The number of hydrogen-bond donors (Lipinski definition) is 1. The number of halogens is 1. The molecule has 1 unspecified atom stereocenters. The van der Waals surface area contributed by atoms with Crippen LogP contribution in [0, 0.1) is 0 Å². The van der Waals surface area contributed by atoms with Crippen molar-refractivity contribution >= 4 is 23.4 Å². The summed E-state index contributed by atoms with van der Waals surface area (Å²) in [6.07, 6.45) is 1.99. The van der Waals surface area contributed by atoms with Crippen molar-refractivity contribution in [3.63, 3.8) is 0 Å². The number of benzene rings is 2. The van der Waals surface area contributed by atoms with Crippen molar-refractivity contribution in [3.8, 4) is 0 Å². The molecule has 1 aliphatic rings. The Bertz CT molecular complexity index is 984. The van der Waals surface area contributed by atoms with E-state index in [1.807, 2.05) is 60.7 Å². The number of nitrogens with two attached hydrogens (primary N) is 1. The molecule has 29 heavy (non-hydrogen) atoms. The summed E-state index contributed by atoms with van der Waals surface area (Å²) in [5, 5.41) is 0.452. The fourth-order valence-corrected chi connectivity index (χ4v) is 4.26. The van der Waals surface area contributed by atoms with Gasteiger partial charge in [-0.15, -0.1) is 0 Å². The van der Waals surface area contributed by atoms with Crippen molar-refractivity contribution in [1.82, 2.24) is 9.88 Å². The van der Waals surface area contributed by atoms with Gasteiger partial charge in [0, 0.05) is 12.7 Å². The van der Waals surface area contributed by atoms with Gasteiger partial charge in [-0.25, -0.2) is 0 Å². The molecule has 1 saturated heterocycles. The second-order valence-electron chi connectivity index (χ2n) is 7.09. The van der Waals surface area contributed by atoms with Gasteiger partial charge in [0.25, 0.3) is 0 Å². The van der Waals surface area contributed by atoms with Crippen LogP contribution < -0.4 is 5.73 Å². The fraction of sp³-hybridized carbons (Fsp3) is 0.174. The van der Waals surface area contributed by atoms with Crippen LogP contribution in [0.25, 0.3) is 0 Å². The van der Waals surface area contributed by atoms with Gasteiger partial charge in [-0.1, -0.05) is 72.3 Å². The van der Waals surface area contributed by atoms with Gasteiger partial charge in [-0.3, -0.25) is 14.6 Å². The van der Waals surface area contributed by atoms with Gasteiger partial charge in [-0.05, 0) is 29.7 Å². The van der Waals surface area contributed by atoms with Crippen LogP contribution in [0.1, 0.15) is 29.3 Å². The molecule has 1 aromatic heterocycles. The molecule has 2 heterocycles. The molecule has 0 aliphatic carbocycles. The normalized spacial score (nSPS) is 16.6. The average Bonchev–Trinajstić information content (AvgIpc) is 3.08. The van der Waals surface area contributed by atoms with Crippen LogP contribution >= 0.6 is 11.6 Å². The Hall–Kier alpha value is -3.18. The topological polar surface area (TPSA) is 76.3 Å². The SMILES string of the molecule is NC(=O)C(c1ccc(Cl)cn1)N1CCC(c2ccccc2)(c2ccccc2)C1=O. The molecular formula is C23H20ClN3O2. The van der Waals surface area contributed by atoms with Crippen molar-refractivity contribution in [2.45, 2.75) is 17.9 Å². The van der Waals surface area contributed by atoms with E-state index in [9.17, 15) is 9.59 Å². The highest BCUT2D eigenvalue weighted by molar-refractivity contribution is 6.30. The van der Waals surface area contributed by atoms with E-state index in [4.69, 9.17) is 17.3 Å². The standard InChI is InChI=1S/C23H20ClN3O2/c24-18-11-12-19(26-15-18)20(21(25)28)27-14-13-23(22(27)29,16-7-3-1-4-8-16)17-9-5-2-6-10-17/h1-12,15,20H,13-14H2,(H2,25,28). The third-order valence-electron chi connectivity index (χ3n) is 5.50. The molecule has 1 fully saturated rings. The number of primary amides is 1. The molecule has 0 bridgehead atoms. The predicted octanol–water partition coefficient (Wildman–Crippen LogP) is 3.48. The molecule has 4 rings (SSSR count). The van der Waals surface area contributed by atoms with Crippen LogP contribution in [0.5, 0.6) is 0 Å². The van der Waals surface area contributed by atoms with Crippen LogP contribution in [0.2, 0.25) is 5.02 Å². The molecule has 6 heteroatoms. The summed E-state index contributed by atoms with van der Waals surface area (Å²) in [6.45, 7) is 0.389. The lowest BCUT2D eigenvalue weighted by molar-refractivity contribution is -0.138. The summed E-state index contributed by atoms with van der Waals surface area (Å²) in [5.41, 5.74) is 7.03. The molecule has 2 N–H and O–H groups in total. The van der Waals surface area contributed by atoms with Gasteiger partial charge in [0.15, 0.2) is 6.04 Å². The third kappa shape index (κ3) is 3.28. The Morgan fingerprint density at radius 3 is 2.07 bits per heavy atom. The van der Waals surface area contributed by atoms with Gasteiger partial charge in [0.05, 0.1) is 10.7 Å². The van der Waals surface area contributed by atoms with E-state index in [0.29, 0.717) is 23.7 Å². The zero-order chi connectivity index (χ0) is 20.4. The zero-order valence-electron chi connectivity index (χ0n) is 15.7. The summed E-state index contributed by atoms with van der Waals surface area (Å²) < 4.78 is 0. The minimum atomic E-state index is -0.950. The summed E-state index contributed by atoms with van der Waals surface area (Å²) in [4.78, 5) is 32.0. The lowest BCUT2D eigenvalue weighted by Gasteiger charge is -2.31. The summed E-state index contributed by atoms with van der Waals surface area (Å²) in [5.74, 6) is -0.777. The molecule has 0 radical (unpaired) electrons. The number of amides is 2. The lowest BCUT2D eigenvalue weighted by atomic mass is 9.73. The van der Waals surface area contributed by atoms with E-state index in [1.54, 1.807) is 17.0 Å². The van der Waals surface area contributed by atoms with E-state index in [1.165, 1.54) is 6.20 Å². The number of carbonyl (C=O) groups excluding carboxylic acids is 2. The van der Waals surface area contributed by atoms with E-state index >= 15 is 0 Å². The number of carbonyl (C=O) groups is 2. The van der Waals surface area contributed by atoms with Gasteiger partial charge < -0.3 is 10.6 Å². The second-order valence-corrected chi connectivity index (χ2v) is 7.53. The Balaban J connectivity index is 1.82. The van der Waals surface area contributed by atoms with E-state index < -0.39 is 17.4 Å². The summed E-state index contributed by atoms with van der Waals surface area (Å²) >= 11 is 5.93. The molecule has 0 saturated carbocycles. The molecule has 1 aliphatic heterocycles. The third-order valence-corrected chi connectivity index (χ3v) is 5.72. The van der Waals surface area contributed by atoms with Crippen molar-refractivity contribution < 1.29 is 9.59 Å². The van der Waals surface area contributed by atoms with Crippen LogP contribution in [0.4, 0.5) is 0 Å². The summed E-state index contributed by atoms with van der Waals surface area (Å²) in [6, 6.07) is 21.7. The maximum absolute atomic E-state index is 13.9. The first kappa shape index (κ1) is 19.2.